The molecular weight excluding hydrogens is 370 g/mol. The van der Waals surface area contributed by atoms with Gasteiger partial charge in [-0.1, -0.05) is 48.5 Å². The molecule has 0 atom stereocenters. The molecule has 1 aromatic heterocycles. The summed E-state index contributed by atoms with van der Waals surface area (Å²) in [6.45, 7) is 1.24. The Hall–Kier alpha value is -2.59. The Balaban J connectivity index is 1.53. The molecule has 1 amide bonds. The molecule has 3 aromatic rings. The average Bonchev–Trinajstić information content (AvgIpc) is 3.08. The van der Waals surface area contributed by atoms with Crippen LogP contribution in [-0.2, 0) is 18.4 Å². The molecule has 1 aliphatic rings. The molecular formula is C26H34N3O+. The number of amides is 1. The van der Waals surface area contributed by atoms with Crippen molar-refractivity contribution in [3.05, 3.63) is 71.9 Å². The van der Waals surface area contributed by atoms with Gasteiger partial charge in [-0.3, -0.25) is 4.79 Å². The van der Waals surface area contributed by atoms with Crippen molar-refractivity contribution in [2.45, 2.75) is 44.2 Å². The van der Waals surface area contributed by atoms with E-state index in [1.807, 2.05) is 0 Å². The second-order valence-electron chi connectivity index (χ2n) is 9.08. The smallest absolute Gasteiger partial charge is 0.278 e. The molecule has 0 unspecified atom stereocenters. The number of nitrogens with one attached hydrogen (secondary N) is 1. The first-order valence-corrected chi connectivity index (χ1v) is 11.2. The number of carbonyl (C=O) groups is 1. The van der Waals surface area contributed by atoms with E-state index in [0.717, 1.165) is 25.7 Å². The molecule has 30 heavy (non-hydrogen) atoms. The lowest BCUT2D eigenvalue weighted by atomic mass is 9.81. The van der Waals surface area contributed by atoms with Crippen LogP contribution in [0.1, 0.15) is 42.9 Å². The second kappa shape index (κ2) is 9.05. The fraction of sp³-hybridized carbons (Fsp3) is 0.423. The van der Waals surface area contributed by atoms with Crippen LogP contribution in [0.5, 0.6) is 0 Å². The van der Waals surface area contributed by atoms with Crippen molar-refractivity contribution in [1.82, 2.24) is 9.47 Å². The summed E-state index contributed by atoms with van der Waals surface area (Å²) < 4.78 is 2.24. The molecule has 0 bridgehead atoms. The Bertz CT molecular complexity index is 984. The zero-order chi connectivity index (χ0) is 21.1. The Morgan fingerprint density at radius 3 is 2.33 bits per heavy atom. The van der Waals surface area contributed by atoms with Gasteiger partial charge in [-0.15, -0.1) is 0 Å². The monoisotopic (exact) mass is 404 g/mol. The molecule has 4 rings (SSSR count). The van der Waals surface area contributed by atoms with E-state index in [0.29, 0.717) is 25.0 Å². The van der Waals surface area contributed by atoms with Crippen LogP contribution in [0.2, 0.25) is 0 Å². The SMILES string of the molecule is Cn1c(CN(C(=O)C[NH+](C)C)C2CCC(c3ccccc3)CC2)cc2ccccc21. The Morgan fingerprint density at radius 1 is 1.00 bits per heavy atom. The van der Waals surface area contributed by atoms with Crippen molar-refractivity contribution in [2.75, 3.05) is 20.6 Å². The number of hydrogen-bond donors (Lipinski definition) is 1. The number of hydrogen-bond acceptors (Lipinski definition) is 1. The third-order valence-corrected chi connectivity index (χ3v) is 6.62. The molecule has 1 fully saturated rings. The van der Waals surface area contributed by atoms with Crippen molar-refractivity contribution in [2.24, 2.45) is 7.05 Å². The summed E-state index contributed by atoms with van der Waals surface area (Å²) in [5, 5.41) is 1.24. The highest BCUT2D eigenvalue weighted by Gasteiger charge is 2.31. The molecule has 0 spiro atoms. The van der Waals surface area contributed by atoms with Crippen LogP contribution in [0.15, 0.2) is 60.7 Å². The first-order valence-electron chi connectivity index (χ1n) is 11.2. The Labute approximate surface area is 180 Å². The number of rotatable bonds is 6. The Kier molecular flexibility index (Phi) is 6.24. The van der Waals surface area contributed by atoms with Gasteiger partial charge in [0.2, 0.25) is 0 Å². The van der Waals surface area contributed by atoms with Crippen LogP contribution < -0.4 is 4.90 Å². The molecule has 1 N–H and O–H groups in total. The van der Waals surface area contributed by atoms with E-state index in [-0.39, 0.29) is 5.91 Å². The van der Waals surface area contributed by atoms with Gasteiger partial charge in [0.05, 0.1) is 20.6 Å². The zero-order valence-electron chi connectivity index (χ0n) is 18.5. The molecule has 1 saturated carbocycles. The predicted octanol–water partition coefficient (Wildman–Crippen LogP) is 3.38. The lowest BCUT2D eigenvalue weighted by Gasteiger charge is -2.37. The summed E-state index contributed by atoms with van der Waals surface area (Å²) in [6.07, 6.45) is 4.47. The molecule has 4 heteroatoms. The summed E-state index contributed by atoms with van der Waals surface area (Å²) in [5.41, 5.74) is 3.88. The van der Waals surface area contributed by atoms with Crippen LogP contribution >= 0.6 is 0 Å². The standard InChI is InChI=1S/C26H33N3O/c1-27(2)19-26(30)29(18-24-17-22-11-7-8-12-25(22)28(24)3)23-15-13-21(14-16-23)20-9-5-4-6-10-20/h4-12,17,21,23H,13-16,18-19H2,1-3H3/p+1. The van der Waals surface area contributed by atoms with Crippen LogP contribution in [0.4, 0.5) is 0 Å². The largest absolute Gasteiger partial charge is 0.346 e. The number of aromatic nitrogens is 1. The fourth-order valence-electron chi connectivity index (χ4n) is 4.94. The van der Waals surface area contributed by atoms with Gasteiger partial charge in [-0.05, 0) is 54.7 Å². The quantitative estimate of drug-likeness (QED) is 0.671. The lowest BCUT2D eigenvalue weighted by molar-refractivity contribution is -0.849. The molecule has 1 heterocycles. The van der Waals surface area contributed by atoms with Crippen LogP contribution in [-0.4, -0.2) is 42.1 Å². The van der Waals surface area contributed by atoms with Gasteiger partial charge >= 0.3 is 0 Å². The van der Waals surface area contributed by atoms with E-state index in [2.05, 4.69) is 91.3 Å². The topological polar surface area (TPSA) is 29.7 Å². The van der Waals surface area contributed by atoms with Gasteiger partial charge in [-0.25, -0.2) is 0 Å². The summed E-state index contributed by atoms with van der Waals surface area (Å²) in [5.74, 6) is 0.889. The van der Waals surface area contributed by atoms with E-state index in [9.17, 15) is 4.79 Å². The number of likely N-dealkylation sites (N-methyl/N-ethyl adjacent to an activating group) is 1. The lowest BCUT2D eigenvalue weighted by Crippen LogP contribution is -3.07. The van der Waals surface area contributed by atoms with E-state index < -0.39 is 0 Å². The number of benzene rings is 2. The van der Waals surface area contributed by atoms with Gasteiger partial charge in [0.15, 0.2) is 6.54 Å². The van der Waals surface area contributed by atoms with Crippen molar-refractivity contribution in [3.63, 3.8) is 0 Å². The minimum atomic E-state index is 0.267. The average molecular weight is 405 g/mol. The van der Waals surface area contributed by atoms with Crippen LogP contribution in [0, 0.1) is 0 Å². The van der Waals surface area contributed by atoms with E-state index in [1.54, 1.807) is 0 Å². The predicted molar refractivity (Wildman–Crippen MR) is 123 cm³/mol. The number of carbonyl (C=O) groups excluding carboxylic acids is 1. The number of fused-ring (bicyclic) bond motifs is 1. The summed E-state index contributed by atoms with van der Waals surface area (Å²) in [6, 6.07) is 21.9. The molecule has 0 saturated heterocycles. The maximum absolute atomic E-state index is 13.2. The van der Waals surface area contributed by atoms with Crippen molar-refractivity contribution < 1.29 is 9.69 Å². The maximum atomic E-state index is 13.2. The minimum absolute atomic E-state index is 0.267. The second-order valence-corrected chi connectivity index (χ2v) is 9.08. The molecule has 0 aliphatic heterocycles. The first kappa shape index (κ1) is 20.7. The highest BCUT2D eigenvalue weighted by atomic mass is 16.2. The minimum Gasteiger partial charge on any atom is -0.346 e. The van der Waals surface area contributed by atoms with E-state index in [1.165, 1.54) is 27.1 Å². The summed E-state index contributed by atoms with van der Waals surface area (Å²) in [4.78, 5) is 16.6. The van der Waals surface area contributed by atoms with Gasteiger partial charge in [-0.2, -0.15) is 0 Å². The maximum Gasteiger partial charge on any atom is 0.278 e. The van der Waals surface area contributed by atoms with Gasteiger partial charge < -0.3 is 14.4 Å². The molecule has 2 aromatic carbocycles. The highest BCUT2D eigenvalue weighted by molar-refractivity contribution is 5.82. The number of aryl methyl sites for hydroxylation is 1. The third kappa shape index (κ3) is 4.44. The number of nitrogens with zero attached hydrogens (tertiary/aromatic N) is 2. The van der Waals surface area contributed by atoms with Gasteiger partial charge in [0, 0.05) is 24.3 Å². The van der Waals surface area contributed by atoms with E-state index in [4.69, 9.17) is 0 Å². The first-order chi connectivity index (χ1) is 14.5. The van der Waals surface area contributed by atoms with Gasteiger partial charge in [0.1, 0.15) is 0 Å². The Morgan fingerprint density at radius 2 is 1.67 bits per heavy atom. The van der Waals surface area contributed by atoms with E-state index >= 15 is 0 Å². The van der Waals surface area contributed by atoms with Crippen LogP contribution in [0.25, 0.3) is 10.9 Å². The molecule has 4 nitrogen and oxygen atoms in total. The highest BCUT2D eigenvalue weighted by Crippen LogP contribution is 2.35. The number of para-hydroxylation sites is 1. The molecule has 1 aliphatic carbocycles. The van der Waals surface area contributed by atoms with Crippen LogP contribution in [0.3, 0.4) is 0 Å². The van der Waals surface area contributed by atoms with Crippen molar-refractivity contribution in [3.8, 4) is 0 Å². The number of quaternary nitrogens is 1. The molecule has 158 valence electrons. The third-order valence-electron chi connectivity index (χ3n) is 6.62. The van der Waals surface area contributed by atoms with Crippen molar-refractivity contribution >= 4 is 16.8 Å². The molecule has 0 radical (unpaired) electrons. The van der Waals surface area contributed by atoms with Crippen molar-refractivity contribution in [1.29, 1.82) is 0 Å². The fourth-order valence-corrected chi connectivity index (χ4v) is 4.94. The normalized spacial score (nSPS) is 19.3. The zero-order valence-corrected chi connectivity index (χ0v) is 18.5. The summed E-state index contributed by atoms with van der Waals surface area (Å²) in [7, 11) is 6.22. The summed E-state index contributed by atoms with van der Waals surface area (Å²) >= 11 is 0. The van der Waals surface area contributed by atoms with Gasteiger partial charge in [0.25, 0.3) is 5.91 Å².